The van der Waals surface area contributed by atoms with E-state index >= 15 is 0 Å². The molecule has 0 aliphatic rings. The summed E-state index contributed by atoms with van der Waals surface area (Å²) in [7, 11) is 1.30. The van der Waals surface area contributed by atoms with Crippen LogP contribution in [-0.2, 0) is 9.53 Å². The lowest BCUT2D eigenvalue weighted by molar-refractivity contribution is -0.117. The van der Waals surface area contributed by atoms with E-state index in [9.17, 15) is 9.59 Å². The Morgan fingerprint density at radius 2 is 2.11 bits per heavy atom. The molecule has 0 radical (unpaired) electrons. The Hall–Kier alpha value is -1.70. The van der Waals surface area contributed by atoms with E-state index in [1.165, 1.54) is 29.8 Å². The molecular formula is C12H12N2O3S2. The number of amides is 1. The van der Waals surface area contributed by atoms with Crippen molar-refractivity contribution in [3.8, 4) is 0 Å². The average molecular weight is 296 g/mol. The van der Waals surface area contributed by atoms with Gasteiger partial charge in [0.1, 0.15) is 10.9 Å². The molecule has 2 rings (SSSR count). The minimum Gasteiger partial charge on any atom is -0.465 e. The fourth-order valence-electron chi connectivity index (χ4n) is 1.47. The van der Waals surface area contributed by atoms with E-state index in [-0.39, 0.29) is 5.91 Å². The summed E-state index contributed by atoms with van der Waals surface area (Å²) >= 11 is 2.62. The summed E-state index contributed by atoms with van der Waals surface area (Å²) in [6.45, 7) is 0. The van der Waals surface area contributed by atoms with Crippen LogP contribution in [0.5, 0.6) is 0 Å². The van der Waals surface area contributed by atoms with Crippen LogP contribution in [-0.4, -0.2) is 19.0 Å². The molecule has 0 aliphatic carbocycles. The summed E-state index contributed by atoms with van der Waals surface area (Å²) in [6, 6.07) is 4.53. The molecule has 0 fully saturated rings. The van der Waals surface area contributed by atoms with Crippen molar-refractivity contribution in [3.05, 3.63) is 38.7 Å². The number of hydrogen-bond acceptors (Lipinski definition) is 6. The predicted octanol–water partition coefficient (Wildman–Crippen LogP) is 2.23. The van der Waals surface area contributed by atoms with E-state index in [0.29, 0.717) is 10.6 Å². The molecule has 0 bridgehead atoms. The zero-order valence-corrected chi connectivity index (χ0v) is 11.7. The SMILES string of the molecule is COC(=O)c1sccc1NC(=O)C(N)c1cccs1. The van der Waals surface area contributed by atoms with Crippen molar-refractivity contribution in [3.63, 3.8) is 0 Å². The third-order valence-corrected chi connectivity index (χ3v) is 4.28. The number of methoxy groups -OCH3 is 1. The standard InChI is InChI=1S/C12H12N2O3S2/c1-17-12(16)10-7(4-6-19-10)14-11(15)9(13)8-3-2-5-18-8/h2-6,9H,13H2,1H3,(H,14,15). The van der Waals surface area contributed by atoms with E-state index in [4.69, 9.17) is 5.73 Å². The predicted molar refractivity (Wildman–Crippen MR) is 75.5 cm³/mol. The monoisotopic (exact) mass is 296 g/mol. The summed E-state index contributed by atoms with van der Waals surface area (Å²) in [6.07, 6.45) is 0. The third kappa shape index (κ3) is 3.01. The van der Waals surface area contributed by atoms with Gasteiger partial charge in [0.05, 0.1) is 12.8 Å². The molecule has 100 valence electrons. The second-order valence-corrected chi connectivity index (χ2v) is 5.53. The maximum atomic E-state index is 12.0. The van der Waals surface area contributed by atoms with Gasteiger partial charge in [-0.25, -0.2) is 4.79 Å². The Labute approximate surface area is 118 Å². The van der Waals surface area contributed by atoms with Crippen LogP contribution in [0.25, 0.3) is 0 Å². The number of hydrogen-bond donors (Lipinski definition) is 2. The first-order valence-electron chi connectivity index (χ1n) is 5.39. The van der Waals surface area contributed by atoms with Gasteiger partial charge in [0.2, 0.25) is 5.91 Å². The molecule has 3 N–H and O–H groups in total. The highest BCUT2D eigenvalue weighted by molar-refractivity contribution is 7.12. The number of ether oxygens (including phenoxy) is 1. The molecule has 2 aromatic heterocycles. The van der Waals surface area contributed by atoms with Gasteiger partial charge in [-0.3, -0.25) is 4.79 Å². The molecule has 2 heterocycles. The van der Waals surface area contributed by atoms with E-state index < -0.39 is 12.0 Å². The molecule has 7 heteroatoms. The summed E-state index contributed by atoms with van der Waals surface area (Å²) in [5.74, 6) is -0.832. The average Bonchev–Trinajstić information content (AvgIpc) is 3.07. The maximum absolute atomic E-state index is 12.0. The Morgan fingerprint density at radius 1 is 1.32 bits per heavy atom. The van der Waals surface area contributed by atoms with Gasteiger partial charge in [-0.2, -0.15) is 0 Å². The number of carbonyl (C=O) groups excluding carboxylic acids is 2. The van der Waals surface area contributed by atoms with Gasteiger partial charge in [-0.05, 0) is 22.9 Å². The maximum Gasteiger partial charge on any atom is 0.350 e. The number of nitrogens with one attached hydrogen (secondary N) is 1. The molecule has 0 aliphatic heterocycles. The van der Waals surface area contributed by atoms with E-state index in [2.05, 4.69) is 10.1 Å². The summed E-state index contributed by atoms with van der Waals surface area (Å²) in [5, 5.41) is 6.21. The normalized spacial score (nSPS) is 11.9. The number of carbonyl (C=O) groups is 2. The Bertz CT molecular complexity index is 578. The van der Waals surface area contributed by atoms with Gasteiger partial charge in [-0.15, -0.1) is 22.7 Å². The summed E-state index contributed by atoms with van der Waals surface area (Å²) in [5.41, 5.74) is 6.27. The largest absolute Gasteiger partial charge is 0.465 e. The fourth-order valence-corrected chi connectivity index (χ4v) is 2.96. The van der Waals surface area contributed by atoms with Crippen molar-refractivity contribution >= 4 is 40.2 Å². The topological polar surface area (TPSA) is 81.4 Å². The first-order valence-corrected chi connectivity index (χ1v) is 7.15. The highest BCUT2D eigenvalue weighted by Gasteiger charge is 2.20. The van der Waals surface area contributed by atoms with Crippen LogP contribution in [0.2, 0.25) is 0 Å². The molecular weight excluding hydrogens is 284 g/mol. The summed E-state index contributed by atoms with van der Waals surface area (Å²) in [4.78, 5) is 24.6. The molecule has 0 saturated carbocycles. The first-order chi connectivity index (χ1) is 9.13. The van der Waals surface area contributed by atoms with Crippen molar-refractivity contribution in [2.75, 3.05) is 12.4 Å². The van der Waals surface area contributed by atoms with Crippen LogP contribution >= 0.6 is 22.7 Å². The number of nitrogens with two attached hydrogens (primary N) is 1. The van der Waals surface area contributed by atoms with Gasteiger partial charge in [-0.1, -0.05) is 6.07 Å². The van der Waals surface area contributed by atoms with Crippen LogP contribution < -0.4 is 11.1 Å². The molecule has 1 atom stereocenters. The number of thiophene rings is 2. The van der Waals surface area contributed by atoms with Crippen LogP contribution in [0.3, 0.4) is 0 Å². The van der Waals surface area contributed by atoms with Crippen molar-refractivity contribution in [2.24, 2.45) is 5.73 Å². The van der Waals surface area contributed by atoms with Gasteiger partial charge in [0, 0.05) is 4.88 Å². The lowest BCUT2D eigenvalue weighted by Crippen LogP contribution is -2.27. The van der Waals surface area contributed by atoms with Crippen molar-refractivity contribution in [1.82, 2.24) is 0 Å². The Balaban J connectivity index is 2.11. The van der Waals surface area contributed by atoms with Gasteiger partial charge in [0.25, 0.3) is 0 Å². The quantitative estimate of drug-likeness (QED) is 0.848. The summed E-state index contributed by atoms with van der Waals surface area (Å²) < 4.78 is 4.64. The van der Waals surface area contributed by atoms with Crippen LogP contribution in [0, 0.1) is 0 Å². The molecule has 2 aromatic rings. The zero-order valence-electron chi connectivity index (χ0n) is 10.1. The molecule has 19 heavy (non-hydrogen) atoms. The van der Waals surface area contributed by atoms with Gasteiger partial charge < -0.3 is 15.8 Å². The van der Waals surface area contributed by atoms with Crippen LogP contribution in [0.4, 0.5) is 5.69 Å². The lowest BCUT2D eigenvalue weighted by Gasteiger charge is -2.10. The smallest absolute Gasteiger partial charge is 0.350 e. The highest BCUT2D eigenvalue weighted by Crippen LogP contribution is 2.25. The Morgan fingerprint density at radius 3 is 2.74 bits per heavy atom. The molecule has 0 aromatic carbocycles. The van der Waals surface area contributed by atoms with E-state index in [1.807, 2.05) is 11.4 Å². The number of rotatable bonds is 4. The molecule has 0 saturated heterocycles. The number of esters is 1. The molecule has 1 unspecified atom stereocenters. The first kappa shape index (κ1) is 13.7. The van der Waals surface area contributed by atoms with Crippen LogP contribution in [0.1, 0.15) is 20.6 Å². The minimum absolute atomic E-state index is 0.356. The zero-order chi connectivity index (χ0) is 13.8. The van der Waals surface area contributed by atoms with Crippen molar-refractivity contribution in [2.45, 2.75) is 6.04 Å². The molecule has 5 nitrogen and oxygen atoms in total. The third-order valence-electron chi connectivity index (χ3n) is 2.43. The molecule has 0 spiro atoms. The Kier molecular flexibility index (Phi) is 4.31. The van der Waals surface area contributed by atoms with Gasteiger partial charge >= 0.3 is 5.97 Å². The van der Waals surface area contributed by atoms with Gasteiger partial charge in [0.15, 0.2) is 0 Å². The second-order valence-electron chi connectivity index (χ2n) is 3.64. The van der Waals surface area contributed by atoms with E-state index in [0.717, 1.165) is 4.88 Å². The van der Waals surface area contributed by atoms with Crippen LogP contribution in [0.15, 0.2) is 29.0 Å². The second kappa shape index (κ2) is 5.96. The highest BCUT2D eigenvalue weighted by atomic mass is 32.1. The minimum atomic E-state index is -0.745. The fraction of sp³-hybridized carbons (Fsp3) is 0.167. The van der Waals surface area contributed by atoms with Crippen molar-refractivity contribution in [1.29, 1.82) is 0 Å². The van der Waals surface area contributed by atoms with E-state index in [1.54, 1.807) is 17.5 Å². The molecule has 1 amide bonds. The number of anilines is 1. The van der Waals surface area contributed by atoms with Crippen molar-refractivity contribution < 1.29 is 14.3 Å². The lowest BCUT2D eigenvalue weighted by atomic mass is 10.2.